The van der Waals surface area contributed by atoms with Gasteiger partial charge in [-0.25, -0.2) is 4.39 Å². The Morgan fingerprint density at radius 3 is 2.73 bits per heavy atom. The van der Waals surface area contributed by atoms with Crippen LogP contribution in [0.2, 0.25) is 0 Å². The van der Waals surface area contributed by atoms with Crippen LogP contribution in [-0.2, 0) is 22.5 Å². The van der Waals surface area contributed by atoms with E-state index in [1.807, 2.05) is 0 Å². The van der Waals surface area contributed by atoms with E-state index in [9.17, 15) is 9.18 Å². The van der Waals surface area contributed by atoms with E-state index in [1.165, 1.54) is 36.7 Å². The van der Waals surface area contributed by atoms with E-state index in [4.69, 9.17) is 4.74 Å². The fourth-order valence-corrected chi connectivity index (χ4v) is 4.64. The van der Waals surface area contributed by atoms with Crippen molar-refractivity contribution in [3.05, 3.63) is 35.6 Å². The van der Waals surface area contributed by atoms with E-state index < -0.39 is 0 Å². The second kappa shape index (κ2) is 10.3. The molecule has 0 spiro atoms. The van der Waals surface area contributed by atoms with Gasteiger partial charge in [0, 0.05) is 26.2 Å². The number of carbonyl (C=O) groups is 1. The summed E-state index contributed by atoms with van der Waals surface area (Å²) >= 11 is 1.41. The summed E-state index contributed by atoms with van der Waals surface area (Å²) in [6.45, 7) is 4.06. The van der Waals surface area contributed by atoms with Gasteiger partial charge in [-0.3, -0.25) is 9.36 Å². The molecule has 2 aliphatic rings. The molecule has 0 saturated carbocycles. The second-order valence-electron chi connectivity index (χ2n) is 7.74. The number of anilines is 1. The molecule has 3 heterocycles. The van der Waals surface area contributed by atoms with Crippen LogP contribution in [0.15, 0.2) is 29.4 Å². The van der Waals surface area contributed by atoms with E-state index in [1.54, 1.807) is 12.1 Å². The molecule has 2 aromatic rings. The Morgan fingerprint density at radius 2 is 2.00 bits per heavy atom. The van der Waals surface area contributed by atoms with Crippen molar-refractivity contribution in [1.29, 1.82) is 0 Å². The molecule has 1 unspecified atom stereocenters. The minimum atomic E-state index is -0.250. The minimum Gasteiger partial charge on any atom is -0.376 e. The van der Waals surface area contributed by atoms with E-state index in [0.29, 0.717) is 13.0 Å². The quantitative estimate of drug-likeness (QED) is 0.613. The third-order valence-corrected chi connectivity index (χ3v) is 6.44. The number of hydrogen-bond donors (Lipinski definition) is 1. The molecule has 0 radical (unpaired) electrons. The predicted molar refractivity (Wildman–Crippen MR) is 114 cm³/mol. The molecule has 7 nitrogen and oxygen atoms in total. The Labute approximate surface area is 180 Å². The van der Waals surface area contributed by atoms with Crippen molar-refractivity contribution >= 4 is 23.6 Å². The summed E-state index contributed by atoms with van der Waals surface area (Å²) < 4.78 is 20.9. The van der Waals surface area contributed by atoms with Gasteiger partial charge in [-0.1, -0.05) is 23.9 Å². The molecule has 1 atom stereocenters. The van der Waals surface area contributed by atoms with Gasteiger partial charge in [0.15, 0.2) is 5.16 Å². The first-order chi connectivity index (χ1) is 14.7. The van der Waals surface area contributed by atoms with E-state index >= 15 is 0 Å². The van der Waals surface area contributed by atoms with Gasteiger partial charge in [-0.15, -0.1) is 10.2 Å². The number of hydrogen-bond acceptors (Lipinski definition) is 6. The van der Waals surface area contributed by atoms with Crippen LogP contribution in [0.1, 0.15) is 31.2 Å². The van der Waals surface area contributed by atoms with Gasteiger partial charge in [0.1, 0.15) is 5.82 Å². The highest BCUT2D eigenvalue weighted by atomic mass is 32.2. The largest absolute Gasteiger partial charge is 0.376 e. The highest BCUT2D eigenvalue weighted by Gasteiger charge is 2.25. The Bertz CT molecular complexity index is 832. The molecular formula is C21H28FN5O2S. The molecule has 1 N–H and O–H groups in total. The number of nitrogens with zero attached hydrogens (tertiary/aromatic N) is 4. The zero-order chi connectivity index (χ0) is 20.8. The van der Waals surface area contributed by atoms with Gasteiger partial charge in [-0.2, -0.15) is 0 Å². The van der Waals surface area contributed by atoms with E-state index in [2.05, 4.69) is 25.0 Å². The zero-order valence-electron chi connectivity index (χ0n) is 17.1. The molecule has 30 heavy (non-hydrogen) atoms. The highest BCUT2D eigenvalue weighted by molar-refractivity contribution is 7.99. The van der Waals surface area contributed by atoms with Crippen molar-refractivity contribution in [1.82, 2.24) is 20.1 Å². The first-order valence-electron chi connectivity index (χ1n) is 10.6. The summed E-state index contributed by atoms with van der Waals surface area (Å²) in [5, 5.41) is 12.5. The summed E-state index contributed by atoms with van der Waals surface area (Å²) in [5.74, 6) is 0.880. The summed E-state index contributed by atoms with van der Waals surface area (Å²) in [7, 11) is 0. The Balaban J connectivity index is 1.31. The first kappa shape index (κ1) is 21.1. The van der Waals surface area contributed by atoms with Gasteiger partial charge in [0.05, 0.1) is 18.4 Å². The fourth-order valence-electron chi connectivity index (χ4n) is 3.87. The van der Waals surface area contributed by atoms with Gasteiger partial charge in [0.25, 0.3) is 0 Å². The van der Waals surface area contributed by atoms with Crippen LogP contribution in [0.3, 0.4) is 0 Å². The topological polar surface area (TPSA) is 72.3 Å². The number of benzene rings is 1. The Hall–Kier alpha value is -2.13. The van der Waals surface area contributed by atoms with Crippen molar-refractivity contribution in [2.75, 3.05) is 36.9 Å². The van der Waals surface area contributed by atoms with Crippen molar-refractivity contribution in [3.63, 3.8) is 0 Å². The maximum absolute atomic E-state index is 13.0. The molecule has 0 aliphatic carbocycles. The summed E-state index contributed by atoms with van der Waals surface area (Å²) in [6, 6.07) is 6.35. The average molecular weight is 434 g/mol. The van der Waals surface area contributed by atoms with Crippen LogP contribution in [0, 0.1) is 5.82 Å². The lowest BCUT2D eigenvalue weighted by Crippen LogP contribution is -2.28. The average Bonchev–Trinajstić information content (AvgIpc) is 3.51. The number of nitrogens with one attached hydrogen (secondary N) is 1. The van der Waals surface area contributed by atoms with Gasteiger partial charge >= 0.3 is 0 Å². The third-order valence-electron chi connectivity index (χ3n) is 5.48. The first-order valence-corrected chi connectivity index (χ1v) is 11.6. The molecular weight excluding hydrogens is 405 g/mol. The number of amides is 1. The van der Waals surface area contributed by atoms with Crippen molar-refractivity contribution in [3.8, 4) is 0 Å². The fraction of sp³-hybridized carbons (Fsp3) is 0.571. The molecule has 162 valence electrons. The normalized spacial score (nSPS) is 18.8. The molecule has 1 amide bonds. The number of thioether (sulfide) groups is 1. The van der Waals surface area contributed by atoms with Crippen molar-refractivity contribution in [2.45, 2.75) is 49.9 Å². The van der Waals surface area contributed by atoms with Crippen molar-refractivity contribution in [2.24, 2.45) is 0 Å². The number of ether oxygens (including phenoxy) is 1. The van der Waals surface area contributed by atoms with Gasteiger partial charge < -0.3 is 15.0 Å². The molecule has 4 rings (SSSR count). The van der Waals surface area contributed by atoms with Crippen LogP contribution < -0.4 is 10.2 Å². The monoisotopic (exact) mass is 433 g/mol. The van der Waals surface area contributed by atoms with E-state index in [-0.39, 0.29) is 23.6 Å². The summed E-state index contributed by atoms with van der Waals surface area (Å²) in [5.41, 5.74) is 0.996. The smallest absolute Gasteiger partial charge is 0.230 e. The Kier molecular flexibility index (Phi) is 7.22. The molecule has 2 saturated heterocycles. The van der Waals surface area contributed by atoms with Crippen LogP contribution in [0.25, 0.3) is 0 Å². The second-order valence-corrected chi connectivity index (χ2v) is 8.68. The van der Waals surface area contributed by atoms with Gasteiger partial charge in [-0.05, 0) is 49.8 Å². The predicted octanol–water partition coefficient (Wildman–Crippen LogP) is 2.65. The minimum absolute atomic E-state index is 0.0449. The van der Waals surface area contributed by atoms with Crippen LogP contribution >= 0.6 is 11.8 Å². The standard InChI is InChI=1S/C21H28FN5O2S/c22-17-7-5-16(6-8-17)9-10-23-19(28)15-30-21-25-24-20(26-11-1-2-12-26)27(21)14-18-4-3-13-29-18/h5-8,18H,1-4,9-15H2,(H,23,28). The lowest BCUT2D eigenvalue weighted by Gasteiger charge is -2.20. The molecule has 2 aliphatic heterocycles. The molecule has 9 heteroatoms. The molecule has 2 fully saturated rings. The number of aromatic nitrogens is 3. The van der Waals surface area contributed by atoms with E-state index in [0.717, 1.165) is 55.8 Å². The lowest BCUT2D eigenvalue weighted by atomic mass is 10.1. The number of rotatable bonds is 9. The zero-order valence-corrected chi connectivity index (χ0v) is 17.9. The maximum atomic E-state index is 13.0. The number of carbonyl (C=O) groups excluding carboxylic acids is 1. The van der Waals surface area contributed by atoms with Crippen LogP contribution in [-0.4, -0.2) is 58.8 Å². The maximum Gasteiger partial charge on any atom is 0.230 e. The SMILES string of the molecule is O=C(CSc1nnc(N2CCCC2)n1CC1CCCO1)NCCc1ccc(F)cc1. The van der Waals surface area contributed by atoms with Crippen molar-refractivity contribution < 1.29 is 13.9 Å². The lowest BCUT2D eigenvalue weighted by molar-refractivity contribution is -0.118. The summed E-state index contributed by atoms with van der Waals surface area (Å²) in [6.07, 6.45) is 5.34. The molecule has 0 bridgehead atoms. The van der Waals surface area contributed by atoms with Crippen LogP contribution in [0.5, 0.6) is 0 Å². The summed E-state index contributed by atoms with van der Waals surface area (Å²) in [4.78, 5) is 14.6. The van der Waals surface area contributed by atoms with Crippen LogP contribution in [0.4, 0.5) is 10.3 Å². The molecule has 1 aromatic heterocycles. The molecule has 1 aromatic carbocycles. The highest BCUT2D eigenvalue weighted by Crippen LogP contribution is 2.27. The van der Waals surface area contributed by atoms with Gasteiger partial charge in [0.2, 0.25) is 11.9 Å². The number of halogens is 1. The third kappa shape index (κ3) is 5.51. The Morgan fingerprint density at radius 1 is 1.20 bits per heavy atom.